The summed E-state index contributed by atoms with van der Waals surface area (Å²) in [5, 5.41) is 19.9. The van der Waals surface area contributed by atoms with Gasteiger partial charge in [-0.15, -0.1) is 0 Å². The third kappa shape index (κ3) is 3.36. The quantitative estimate of drug-likeness (QED) is 0.621. The van der Waals surface area contributed by atoms with E-state index in [-0.39, 0.29) is 17.3 Å². The number of alkyl carbamates (subject to hydrolysis) is 1. The Kier molecular flexibility index (Phi) is 4.92. The van der Waals surface area contributed by atoms with Gasteiger partial charge in [-0.1, -0.05) is 19.9 Å². The van der Waals surface area contributed by atoms with Crippen LogP contribution in [-0.2, 0) is 4.74 Å². The van der Waals surface area contributed by atoms with E-state index in [1.807, 2.05) is 13.8 Å². The number of carbonyl (C=O) groups is 1. The van der Waals surface area contributed by atoms with Crippen LogP contribution in [0.1, 0.15) is 53.0 Å². The van der Waals surface area contributed by atoms with Crippen LogP contribution in [0.15, 0.2) is 29.8 Å². The number of halogens is 2. The first-order chi connectivity index (χ1) is 13.3. The lowest BCUT2D eigenvalue weighted by atomic mass is 9.76. The largest absolute Gasteiger partial charge is 0.444 e. The summed E-state index contributed by atoms with van der Waals surface area (Å²) in [4.78, 5) is 12.5. The molecule has 1 aromatic carbocycles. The van der Waals surface area contributed by atoms with Gasteiger partial charge in [-0.05, 0) is 63.3 Å². The van der Waals surface area contributed by atoms with E-state index in [2.05, 4.69) is 5.32 Å². The van der Waals surface area contributed by atoms with Crippen LogP contribution in [0.25, 0.3) is 0 Å². The van der Waals surface area contributed by atoms with Crippen LogP contribution < -0.4 is 5.32 Å². The lowest BCUT2D eigenvalue weighted by Gasteiger charge is -2.38. The monoisotopic (exact) mass is 403 g/mol. The van der Waals surface area contributed by atoms with Crippen LogP contribution in [0.3, 0.4) is 0 Å². The fourth-order valence-corrected chi connectivity index (χ4v) is 4.67. The topological polar surface area (TPSA) is 86.0 Å². The molecular formula is C22H27F2N3O2. The molecule has 5 nitrogen and oxygen atoms in total. The van der Waals surface area contributed by atoms with E-state index >= 15 is 0 Å². The number of hydrogen-bond acceptors (Lipinski definition) is 4. The minimum absolute atomic E-state index is 0.111. The number of rotatable bonds is 3. The number of allylic oxidation sites excluding steroid dienone is 1. The Morgan fingerprint density at radius 2 is 1.86 bits per heavy atom. The van der Waals surface area contributed by atoms with Gasteiger partial charge < -0.3 is 20.9 Å². The second-order valence-electron chi connectivity index (χ2n) is 9.33. The third-order valence-electron chi connectivity index (χ3n) is 6.12. The molecule has 7 heteroatoms. The Bertz CT molecular complexity index is 910. The van der Waals surface area contributed by atoms with Crippen LogP contribution in [0, 0.1) is 33.8 Å². The van der Waals surface area contributed by atoms with Crippen LogP contribution >= 0.6 is 0 Å². The summed E-state index contributed by atoms with van der Waals surface area (Å²) in [6.45, 7) is 9.22. The zero-order chi connectivity index (χ0) is 21.8. The van der Waals surface area contributed by atoms with Crippen LogP contribution in [0.4, 0.5) is 13.6 Å². The van der Waals surface area contributed by atoms with E-state index in [0.29, 0.717) is 18.4 Å². The summed E-state index contributed by atoms with van der Waals surface area (Å²) < 4.78 is 33.6. The van der Waals surface area contributed by atoms with Gasteiger partial charge in [0.25, 0.3) is 0 Å². The van der Waals surface area contributed by atoms with Crippen molar-refractivity contribution in [1.29, 1.82) is 10.8 Å². The summed E-state index contributed by atoms with van der Waals surface area (Å²) in [6, 6.07) is 3.46. The maximum absolute atomic E-state index is 14.1. The molecular weight excluding hydrogens is 376 g/mol. The summed E-state index contributed by atoms with van der Waals surface area (Å²) in [5.41, 5.74) is -2.15. The molecule has 1 aromatic rings. The molecule has 1 amide bonds. The molecule has 2 aliphatic rings. The van der Waals surface area contributed by atoms with E-state index in [9.17, 15) is 13.6 Å². The Morgan fingerprint density at radius 1 is 1.28 bits per heavy atom. The lowest BCUT2D eigenvalue weighted by molar-refractivity contribution is 0.0435. The standard InChI is InChI=1S/C22H27F2N3O2/c1-20(2,3)29-19(28)27-22-10-9-13(21(22,4)5)12(18(22)26)11-16(25)17-14(23)7-6-8-15(17)24/h6-8,11,13,25-26H,9-10H2,1-5H3,(H,27,28)/t13-,22-/m1/s1. The summed E-state index contributed by atoms with van der Waals surface area (Å²) in [7, 11) is 0. The SMILES string of the molecule is CC(C)(C)OC(=O)N[C@]12CC[C@H](C(=CC(=N)c3c(F)cccc3F)C1=N)C2(C)C. The predicted molar refractivity (Wildman–Crippen MR) is 108 cm³/mol. The first-order valence-electron chi connectivity index (χ1n) is 9.65. The number of benzene rings is 1. The lowest BCUT2D eigenvalue weighted by Crippen LogP contribution is -2.58. The first-order valence-corrected chi connectivity index (χ1v) is 9.65. The molecule has 0 saturated heterocycles. The minimum Gasteiger partial charge on any atom is -0.444 e. The van der Waals surface area contributed by atoms with Crippen LogP contribution in [0.5, 0.6) is 0 Å². The smallest absolute Gasteiger partial charge is 0.408 e. The fourth-order valence-electron chi connectivity index (χ4n) is 4.67. The molecule has 0 radical (unpaired) electrons. The van der Waals surface area contributed by atoms with E-state index in [1.165, 1.54) is 12.1 Å². The van der Waals surface area contributed by atoms with Gasteiger partial charge in [-0.3, -0.25) is 0 Å². The number of carbonyl (C=O) groups excluding carboxylic acids is 1. The van der Waals surface area contributed by atoms with E-state index in [0.717, 1.165) is 12.1 Å². The molecule has 2 aliphatic carbocycles. The van der Waals surface area contributed by atoms with E-state index in [4.69, 9.17) is 15.6 Å². The van der Waals surface area contributed by atoms with E-state index in [1.54, 1.807) is 20.8 Å². The molecule has 0 heterocycles. The van der Waals surface area contributed by atoms with Crippen molar-refractivity contribution in [2.24, 2.45) is 11.3 Å². The molecule has 2 atom stereocenters. The van der Waals surface area contributed by atoms with Gasteiger partial charge in [0.2, 0.25) is 0 Å². The van der Waals surface area contributed by atoms with Crippen molar-refractivity contribution in [2.45, 2.75) is 58.6 Å². The maximum Gasteiger partial charge on any atom is 0.408 e. The highest BCUT2D eigenvalue weighted by Gasteiger charge is 2.65. The van der Waals surface area contributed by atoms with Crippen molar-refractivity contribution < 1.29 is 18.3 Å². The first kappa shape index (κ1) is 21.1. The number of hydrogen-bond donors (Lipinski definition) is 3. The Labute approximate surface area is 169 Å². The highest BCUT2D eigenvalue weighted by Crippen LogP contribution is 2.60. The second-order valence-corrected chi connectivity index (χ2v) is 9.33. The fraction of sp³-hybridized carbons (Fsp3) is 0.500. The molecule has 2 fully saturated rings. The number of ether oxygens (including phenoxy) is 1. The Morgan fingerprint density at radius 3 is 2.41 bits per heavy atom. The van der Waals surface area contributed by atoms with Crippen molar-refractivity contribution >= 4 is 17.5 Å². The Hall–Kier alpha value is -2.57. The van der Waals surface area contributed by atoms with Gasteiger partial charge in [0, 0.05) is 5.41 Å². The minimum atomic E-state index is -0.945. The zero-order valence-corrected chi connectivity index (χ0v) is 17.4. The highest BCUT2D eigenvalue weighted by molar-refractivity contribution is 6.17. The highest BCUT2D eigenvalue weighted by atomic mass is 19.1. The van der Waals surface area contributed by atoms with Crippen molar-refractivity contribution in [2.75, 3.05) is 0 Å². The average Bonchev–Trinajstić information content (AvgIpc) is 2.88. The molecule has 3 N–H and O–H groups in total. The van der Waals surface area contributed by atoms with Gasteiger partial charge in [0.1, 0.15) is 17.2 Å². The molecule has 29 heavy (non-hydrogen) atoms. The molecule has 0 spiro atoms. The summed E-state index contributed by atoms with van der Waals surface area (Å²) >= 11 is 0. The normalized spacial score (nSPS) is 26.7. The zero-order valence-electron chi connectivity index (χ0n) is 17.4. The molecule has 0 unspecified atom stereocenters. The maximum atomic E-state index is 14.1. The van der Waals surface area contributed by atoms with Crippen molar-refractivity contribution in [3.63, 3.8) is 0 Å². The second kappa shape index (κ2) is 6.75. The van der Waals surface area contributed by atoms with Gasteiger partial charge >= 0.3 is 6.09 Å². The Balaban J connectivity index is 1.96. The van der Waals surface area contributed by atoms with Crippen molar-refractivity contribution in [1.82, 2.24) is 5.32 Å². The van der Waals surface area contributed by atoms with Crippen LogP contribution in [0.2, 0.25) is 0 Å². The number of amides is 1. The molecule has 2 bridgehead atoms. The van der Waals surface area contributed by atoms with Gasteiger partial charge in [-0.25, -0.2) is 13.6 Å². The van der Waals surface area contributed by atoms with E-state index < -0.39 is 39.8 Å². The van der Waals surface area contributed by atoms with Crippen molar-refractivity contribution in [3.05, 3.63) is 47.0 Å². The van der Waals surface area contributed by atoms with Crippen LogP contribution in [-0.4, -0.2) is 28.7 Å². The van der Waals surface area contributed by atoms with Gasteiger partial charge in [0.15, 0.2) is 0 Å². The molecule has 2 saturated carbocycles. The molecule has 3 rings (SSSR count). The third-order valence-corrected chi connectivity index (χ3v) is 6.12. The summed E-state index contributed by atoms with van der Waals surface area (Å²) in [6.07, 6.45) is 2.03. The molecule has 0 aromatic heterocycles. The number of fused-ring (bicyclic) bond motifs is 2. The van der Waals surface area contributed by atoms with Gasteiger partial charge in [0.05, 0.1) is 22.5 Å². The number of nitrogens with one attached hydrogen (secondary N) is 3. The molecule has 156 valence electrons. The predicted octanol–water partition coefficient (Wildman–Crippen LogP) is 4.99. The van der Waals surface area contributed by atoms with Gasteiger partial charge in [-0.2, -0.15) is 0 Å². The molecule has 0 aliphatic heterocycles. The van der Waals surface area contributed by atoms with Crippen molar-refractivity contribution in [3.8, 4) is 0 Å². The summed E-state index contributed by atoms with van der Waals surface area (Å²) in [5.74, 6) is -1.75. The average molecular weight is 403 g/mol.